The molecule has 0 aromatic heterocycles. The third-order valence-electron chi connectivity index (χ3n) is 1.40. The standard InChI is InChI=1S/C8H14O2S2/c1-8(2,3)11-7-4-5-12(9,10)6-7/h4-5,7H,6H2,1-3H3/t7-/m0/s1. The normalized spacial score (nSPS) is 27.8. The van der Waals surface area contributed by atoms with Crippen molar-refractivity contribution in [1.82, 2.24) is 0 Å². The van der Waals surface area contributed by atoms with Crippen molar-refractivity contribution in [3.05, 3.63) is 11.5 Å². The lowest BCUT2D eigenvalue weighted by Crippen LogP contribution is -2.16. The maximum Gasteiger partial charge on any atom is 0.172 e. The van der Waals surface area contributed by atoms with E-state index in [4.69, 9.17) is 0 Å². The van der Waals surface area contributed by atoms with E-state index >= 15 is 0 Å². The smallest absolute Gasteiger partial charge is 0.172 e. The molecule has 1 aliphatic heterocycles. The van der Waals surface area contributed by atoms with E-state index in [1.165, 1.54) is 5.41 Å². The fourth-order valence-electron chi connectivity index (χ4n) is 1.07. The second-order valence-electron chi connectivity index (χ2n) is 3.93. The Morgan fingerprint density at radius 3 is 2.33 bits per heavy atom. The summed E-state index contributed by atoms with van der Waals surface area (Å²) in [4.78, 5) is 0. The van der Waals surface area contributed by atoms with Gasteiger partial charge in [-0.3, -0.25) is 0 Å². The van der Waals surface area contributed by atoms with Gasteiger partial charge in [-0.25, -0.2) is 8.42 Å². The molecule has 2 nitrogen and oxygen atoms in total. The Morgan fingerprint density at radius 2 is 2.00 bits per heavy atom. The summed E-state index contributed by atoms with van der Waals surface area (Å²) in [6.45, 7) is 6.28. The summed E-state index contributed by atoms with van der Waals surface area (Å²) < 4.78 is 22.2. The SMILES string of the molecule is CC(C)(C)S[C@H]1C=CS(=O)(=O)C1. The molecular formula is C8H14O2S2. The minimum absolute atomic E-state index is 0.134. The van der Waals surface area contributed by atoms with Crippen molar-refractivity contribution in [2.75, 3.05) is 5.75 Å². The van der Waals surface area contributed by atoms with Crippen LogP contribution in [0.4, 0.5) is 0 Å². The van der Waals surface area contributed by atoms with E-state index < -0.39 is 9.84 Å². The molecule has 0 amide bonds. The molecule has 0 aromatic carbocycles. The van der Waals surface area contributed by atoms with Gasteiger partial charge in [-0.1, -0.05) is 26.8 Å². The Bertz CT molecular complexity index is 283. The van der Waals surface area contributed by atoms with Gasteiger partial charge in [-0.15, -0.1) is 11.8 Å². The molecule has 0 bridgehead atoms. The van der Waals surface area contributed by atoms with E-state index in [0.717, 1.165) is 0 Å². The van der Waals surface area contributed by atoms with Crippen LogP contribution in [0.1, 0.15) is 20.8 Å². The van der Waals surface area contributed by atoms with Gasteiger partial charge in [0.1, 0.15) is 0 Å². The average Bonchev–Trinajstić information content (AvgIpc) is 2.05. The lowest BCUT2D eigenvalue weighted by Gasteiger charge is -2.20. The van der Waals surface area contributed by atoms with Crippen LogP contribution in [0, 0.1) is 0 Å². The predicted molar refractivity (Wildman–Crippen MR) is 54.1 cm³/mol. The molecule has 0 saturated heterocycles. The van der Waals surface area contributed by atoms with Crippen molar-refractivity contribution in [2.45, 2.75) is 30.8 Å². The van der Waals surface area contributed by atoms with Gasteiger partial charge in [0.05, 0.1) is 5.75 Å². The monoisotopic (exact) mass is 206 g/mol. The van der Waals surface area contributed by atoms with E-state index in [1.807, 2.05) is 0 Å². The second kappa shape index (κ2) is 3.07. The Kier molecular flexibility index (Phi) is 2.59. The van der Waals surface area contributed by atoms with Crippen molar-refractivity contribution in [3.8, 4) is 0 Å². The quantitative estimate of drug-likeness (QED) is 0.656. The van der Waals surface area contributed by atoms with Crippen LogP contribution in [0.3, 0.4) is 0 Å². The molecule has 1 rings (SSSR count). The Morgan fingerprint density at radius 1 is 1.42 bits per heavy atom. The Labute approximate surface area is 78.3 Å². The van der Waals surface area contributed by atoms with Gasteiger partial charge in [-0.05, 0) is 0 Å². The summed E-state index contributed by atoms with van der Waals surface area (Å²) >= 11 is 1.70. The largest absolute Gasteiger partial charge is 0.224 e. The van der Waals surface area contributed by atoms with Gasteiger partial charge in [0.25, 0.3) is 0 Å². The van der Waals surface area contributed by atoms with Crippen molar-refractivity contribution >= 4 is 21.6 Å². The summed E-state index contributed by atoms with van der Waals surface area (Å²) in [5.41, 5.74) is 0. The highest BCUT2D eigenvalue weighted by atomic mass is 32.2. The van der Waals surface area contributed by atoms with Gasteiger partial charge in [0, 0.05) is 15.4 Å². The van der Waals surface area contributed by atoms with Gasteiger partial charge in [-0.2, -0.15) is 0 Å². The van der Waals surface area contributed by atoms with Crippen LogP contribution in [0.25, 0.3) is 0 Å². The first-order valence-electron chi connectivity index (χ1n) is 3.87. The molecule has 0 fully saturated rings. The van der Waals surface area contributed by atoms with E-state index in [-0.39, 0.29) is 15.7 Å². The van der Waals surface area contributed by atoms with Crippen LogP contribution >= 0.6 is 11.8 Å². The van der Waals surface area contributed by atoms with Crippen LogP contribution in [-0.4, -0.2) is 24.2 Å². The minimum Gasteiger partial charge on any atom is -0.224 e. The molecule has 4 heteroatoms. The number of rotatable bonds is 1. The van der Waals surface area contributed by atoms with Crippen LogP contribution in [0.2, 0.25) is 0 Å². The zero-order valence-corrected chi connectivity index (χ0v) is 9.21. The summed E-state index contributed by atoms with van der Waals surface area (Å²) in [6, 6.07) is 0. The first-order valence-corrected chi connectivity index (χ1v) is 6.47. The average molecular weight is 206 g/mol. The van der Waals surface area contributed by atoms with E-state index in [2.05, 4.69) is 20.8 Å². The zero-order valence-electron chi connectivity index (χ0n) is 7.57. The number of hydrogen-bond donors (Lipinski definition) is 0. The molecule has 0 spiro atoms. The van der Waals surface area contributed by atoms with Gasteiger partial charge in [0.2, 0.25) is 0 Å². The molecule has 0 N–H and O–H groups in total. The third-order valence-corrected chi connectivity index (χ3v) is 4.34. The number of hydrogen-bond acceptors (Lipinski definition) is 3. The van der Waals surface area contributed by atoms with Crippen LogP contribution < -0.4 is 0 Å². The maximum absolute atomic E-state index is 11.0. The Hall–Kier alpha value is 0.0400. The third kappa shape index (κ3) is 3.19. The van der Waals surface area contributed by atoms with E-state index in [1.54, 1.807) is 17.8 Å². The number of sulfone groups is 1. The molecular weight excluding hydrogens is 192 g/mol. The fourth-order valence-corrected chi connectivity index (χ4v) is 4.19. The molecule has 1 heterocycles. The highest BCUT2D eigenvalue weighted by Crippen LogP contribution is 2.32. The lowest BCUT2D eigenvalue weighted by atomic mass is 10.3. The molecule has 0 unspecified atom stereocenters. The maximum atomic E-state index is 11.0. The summed E-state index contributed by atoms with van der Waals surface area (Å²) in [5, 5.41) is 1.48. The van der Waals surface area contributed by atoms with Crippen LogP contribution in [-0.2, 0) is 9.84 Å². The predicted octanol–water partition coefficient (Wildman–Crippen LogP) is 1.83. The number of thioether (sulfide) groups is 1. The van der Waals surface area contributed by atoms with Crippen LogP contribution in [0.5, 0.6) is 0 Å². The molecule has 70 valence electrons. The molecule has 0 radical (unpaired) electrons. The summed E-state index contributed by atoms with van der Waals surface area (Å²) in [7, 11) is -2.87. The summed E-state index contributed by atoms with van der Waals surface area (Å²) in [5.74, 6) is 0.273. The molecule has 0 saturated carbocycles. The van der Waals surface area contributed by atoms with Gasteiger partial charge >= 0.3 is 0 Å². The van der Waals surface area contributed by atoms with Crippen molar-refractivity contribution in [1.29, 1.82) is 0 Å². The molecule has 1 atom stereocenters. The minimum atomic E-state index is -2.87. The molecule has 1 aliphatic rings. The highest BCUT2D eigenvalue weighted by Gasteiger charge is 2.26. The first-order chi connectivity index (χ1) is 5.29. The van der Waals surface area contributed by atoms with Crippen molar-refractivity contribution in [3.63, 3.8) is 0 Å². The van der Waals surface area contributed by atoms with Crippen molar-refractivity contribution in [2.24, 2.45) is 0 Å². The highest BCUT2D eigenvalue weighted by molar-refractivity contribution is 8.03. The van der Waals surface area contributed by atoms with Crippen molar-refractivity contribution < 1.29 is 8.42 Å². The van der Waals surface area contributed by atoms with E-state index in [0.29, 0.717) is 0 Å². The van der Waals surface area contributed by atoms with Gasteiger partial charge < -0.3 is 0 Å². The summed E-state index contributed by atoms with van der Waals surface area (Å²) in [6.07, 6.45) is 1.78. The second-order valence-corrected chi connectivity index (χ2v) is 7.92. The topological polar surface area (TPSA) is 34.1 Å². The lowest BCUT2D eigenvalue weighted by molar-refractivity contribution is 0.606. The van der Waals surface area contributed by atoms with E-state index in [9.17, 15) is 8.42 Å². The molecule has 0 aliphatic carbocycles. The molecule has 12 heavy (non-hydrogen) atoms. The Balaban J connectivity index is 2.57. The van der Waals surface area contributed by atoms with Gasteiger partial charge in [0.15, 0.2) is 9.84 Å². The zero-order chi connectivity index (χ0) is 9.41. The van der Waals surface area contributed by atoms with Crippen LogP contribution in [0.15, 0.2) is 11.5 Å². The fraction of sp³-hybridized carbons (Fsp3) is 0.750. The first kappa shape index (κ1) is 10.1. The molecule has 0 aromatic rings.